The minimum Gasteiger partial charge on any atom is -0.369 e. The molecule has 2 aromatic carbocycles. The first-order valence-corrected chi connectivity index (χ1v) is 11.5. The van der Waals surface area contributed by atoms with E-state index in [1.54, 1.807) is 6.20 Å². The third kappa shape index (κ3) is 6.53. The lowest BCUT2D eigenvalue weighted by Gasteiger charge is -2.22. The summed E-state index contributed by atoms with van der Waals surface area (Å²) in [5, 5.41) is 18.0. The number of allylic oxidation sites excluding steroid dienone is 1. The van der Waals surface area contributed by atoms with Gasteiger partial charge in [0.25, 0.3) is 0 Å². The van der Waals surface area contributed by atoms with E-state index in [-0.39, 0.29) is 28.5 Å². The second-order valence-corrected chi connectivity index (χ2v) is 8.39. The average Bonchev–Trinajstić information content (AvgIpc) is 2.86. The van der Waals surface area contributed by atoms with Crippen molar-refractivity contribution in [3.8, 4) is 11.1 Å². The molecule has 1 aliphatic rings. The molecule has 12 heteroatoms. The van der Waals surface area contributed by atoms with Gasteiger partial charge < -0.3 is 31.4 Å². The maximum atomic E-state index is 14.7. The van der Waals surface area contributed by atoms with Gasteiger partial charge in [-0.1, -0.05) is 24.2 Å². The number of carbonyl (C=O) groups is 1. The monoisotopic (exact) mass is 526 g/mol. The second kappa shape index (κ2) is 11.7. The van der Waals surface area contributed by atoms with Gasteiger partial charge in [-0.25, -0.2) is 13.8 Å². The molecule has 4 rings (SSSR count). The van der Waals surface area contributed by atoms with Crippen molar-refractivity contribution in [3.05, 3.63) is 83.8 Å². The summed E-state index contributed by atoms with van der Waals surface area (Å²) in [7, 11) is 0. The minimum atomic E-state index is -0.606. The van der Waals surface area contributed by atoms with E-state index in [0.29, 0.717) is 35.7 Å². The Kier molecular flexibility index (Phi) is 8.18. The zero-order chi connectivity index (χ0) is 26.4. The standard InChI is InChI=1S/C25H22ClF2N7O2/c1-2-23(36)32-15-4-6-21(28)22(8-15)34-24-18(14-3-5-20(27)19(26)7-14)11-31-25(35-24)33-16(9-29)10-30-17-12-37-13-17/h2-11,17,29-30H,1,12-13H2,(H,32,36)(H2,31,33,34,35)/p+1/b16-10+,29-9?. The van der Waals surface area contributed by atoms with Gasteiger partial charge in [-0.15, -0.1) is 0 Å². The van der Waals surface area contributed by atoms with E-state index in [1.165, 1.54) is 42.6 Å². The minimum absolute atomic E-state index is 0.0158. The van der Waals surface area contributed by atoms with Crippen LogP contribution in [-0.2, 0) is 9.53 Å². The number of carbonyl (C=O) groups excluding carboxylic acids is 1. The molecule has 0 saturated carbocycles. The molecule has 0 aliphatic carbocycles. The lowest BCUT2D eigenvalue weighted by molar-refractivity contribution is -0.649. The number of hydrogen-bond acceptors (Lipinski definition) is 7. The summed E-state index contributed by atoms with van der Waals surface area (Å²) in [6.07, 6.45) is 5.41. The SMILES string of the molecule is C=CC(=O)Nc1ccc(F)c(Nc2nc(N/C(C=N)=C/[NH2+]C3COC3)ncc2-c2ccc(F)c(Cl)c2)c1. The molecular formula is C25H23ClF2N7O2+. The summed E-state index contributed by atoms with van der Waals surface area (Å²) in [5.41, 5.74) is 1.67. The molecule has 0 bridgehead atoms. The average molecular weight is 527 g/mol. The molecular weight excluding hydrogens is 504 g/mol. The fraction of sp³-hybridized carbons (Fsp3) is 0.120. The van der Waals surface area contributed by atoms with Gasteiger partial charge in [0.2, 0.25) is 11.9 Å². The molecule has 1 saturated heterocycles. The van der Waals surface area contributed by atoms with E-state index in [0.717, 1.165) is 12.3 Å². The molecule has 3 aromatic rings. The highest BCUT2D eigenvalue weighted by Crippen LogP contribution is 2.33. The number of hydrogen-bond donors (Lipinski definition) is 5. The zero-order valence-corrected chi connectivity index (χ0v) is 20.2. The summed E-state index contributed by atoms with van der Waals surface area (Å²) in [6, 6.07) is 8.36. The summed E-state index contributed by atoms with van der Waals surface area (Å²) >= 11 is 5.98. The number of rotatable bonds is 10. The van der Waals surface area contributed by atoms with E-state index < -0.39 is 17.5 Å². The Morgan fingerprint density at radius 3 is 2.65 bits per heavy atom. The van der Waals surface area contributed by atoms with Crippen LogP contribution in [0.3, 0.4) is 0 Å². The van der Waals surface area contributed by atoms with Gasteiger partial charge in [0.1, 0.15) is 48.6 Å². The lowest BCUT2D eigenvalue weighted by Crippen LogP contribution is -2.90. The number of anilines is 4. The Morgan fingerprint density at radius 1 is 1.19 bits per heavy atom. The fourth-order valence-corrected chi connectivity index (χ4v) is 3.47. The molecule has 0 spiro atoms. The summed E-state index contributed by atoms with van der Waals surface area (Å²) in [6.45, 7) is 4.65. The summed E-state index contributed by atoms with van der Waals surface area (Å²) in [5.74, 6) is -1.35. The molecule has 0 radical (unpaired) electrons. The first kappa shape index (κ1) is 25.9. The molecule has 1 amide bonds. The quantitative estimate of drug-likeness (QED) is 0.202. The summed E-state index contributed by atoms with van der Waals surface area (Å²) in [4.78, 5) is 20.5. The number of quaternary nitrogens is 1. The van der Waals surface area contributed by atoms with E-state index in [1.807, 2.05) is 5.32 Å². The van der Waals surface area contributed by atoms with Gasteiger partial charge >= 0.3 is 0 Å². The molecule has 2 heterocycles. The first-order valence-electron chi connectivity index (χ1n) is 11.1. The lowest BCUT2D eigenvalue weighted by atomic mass is 10.1. The van der Waals surface area contributed by atoms with Crippen molar-refractivity contribution in [2.24, 2.45) is 0 Å². The van der Waals surface area contributed by atoms with Crippen LogP contribution in [0.5, 0.6) is 0 Å². The maximum Gasteiger partial charge on any atom is 0.247 e. The molecule has 0 unspecified atom stereocenters. The number of benzene rings is 2. The van der Waals surface area contributed by atoms with Crippen molar-refractivity contribution in [2.75, 3.05) is 29.2 Å². The van der Waals surface area contributed by atoms with Crippen molar-refractivity contribution < 1.29 is 23.6 Å². The van der Waals surface area contributed by atoms with Crippen LogP contribution in [0, 0.1) is 17.0 Å². The van der Waals surface area contributed by atoms with Gasteiger partial charge in [-0.2, -0.15) is 4.98 Å². The Labute approximate surface area is 216 Å². The van der Waals surface area contributed by atoms with Gasteiger partial charge in [-0.3, -0.25) is 4.79 Å². The second-order valence-electron chi connectivity index (χ2n) is 7.98. The van der Waals surface area contributed by atoms with E-state index in [9.17, 15) is 13.6 Å². The van der Waals surface area contributed by atoms with Crippen LogP contribution < -0.4 is 21.3 Å². The van der Waals surface area contributed by atoms with Crippen molar-refractivity contribution in [1.82, 2.24) is 9.97 Å². The van der Waals surface area contributed by atoms with E-state index in [2.05, 4.69) is 32.5 Å². The van der Waals surface area contributed by atoms with Crippen LogP contribution in [0.25, 0.3) is 11.1 Å². The number of ether oxygens (including phenoxy) is 1. The normalized spacial score (nSPS) is 13.4. The fourth-order valence-electron chi connectivity index (χ4n) is 3.29. The largest absolute Gasteiger partial charge is 0.369 e. The van der Waals surface area contributed by atoms with Gasteiger partial charge in [0.05, 0.1) is 10.7 Å². The Morgan fingerprint density at radius 2 is 1.97 bits per heavy atom. The Balaban J connectivity index is 1.69. The summed E-state index contributed by atoms with van der Waals surface area (Å²) < 4.78 is 33.7. The zero-order valence-electron chi connectivity index (χ0n) is 19.4. The number of nitrogens with two attached hydrogens (primary N) is 1. The first-order chi connectivity index (χ1) is 17.9. The highest BCUT2D eigenvalue weighted by atomic mass is 35.5. The number of nitrogens with zero attached hydrogens (tertiary/aromatic N) is 2. The van der Waals surface area contributed by atoms with Crippen LogP contribution in [-0.4, -0.2) is 41.3 Å². The van der Waals surface area contributed by atoms with Gasteiger partial charge in [0.15, 0.2) is 0 Å². The molecule has 1 aromatic heterocycles. The number of nitrogens with one attached hydrogen (secondary N) is 4. The molecule has 190 valence electrons. The van der Waals surface area contributed by atoms with E-state index >= 15 is 0 Å². The van der Waals surface area contributed by atoms with Crippen molar-refractivity contribution >= 4 is 46.9 Å². The van der Waals surface area contributed by atoms with Crippen LogP contribution in [0.15, 0.2) is 67.1 Å². The molecule has 37 heavy (non-hydrogen) atoms. The van der Waals surface area contributed by atoms with E-state index in [4.69, 9.17) is 21.7 Å². The molecule has 1 fully saturated rings. The van der Waals surface area contributed by atoms with Crippen molar-refractivity contribution in [2.45, 2.75) is 6.04 Å². The molecule has 1 aliphatic heterocycles. The van der Waals surface area contributed by atoms with Crippen LogP contribution in [0.4, 0.5) is 31.9 Å². The van der Waals surface area contributed by atoms with Crippen molar-refractivity contribution in [3.63, 3.8) is 0 Å². The Hall–Kier alpha value is -4.19. The molecule has 0 atom stereocenters. The third-order valence-electron chi connectivity index (χ3n) is 5.32. The number of halogens is 3. The third-order valence-corrected chi connectivity index (χ3v) is 5.60. The van der Waals surface area contributed by atoms with Crippen LogP contribution in [0.1, 0.15) is 0 Å². The Bertz CT molecular complexity index is 1380. The molecule has 9 nitrogen and oxygen atoms in total. The van der Waals surface area contributed by atoms with Crippen LogP contribution >= 0.6 is 11.6 Å². The van der Waals surface area contributed by atoms with Gasteiger partial charge in [-0.05, 0) is 42.0 Å². The predicted octanol–water partition coefficient (Wildman–Crippen LogP) is 3.81. The van der Waals surface area contributed by atoms with Crippen LogP contribution in [0.2, 0.25) is 5.02 Å². The number of amides is 1. The maximum absolute atomic E-state index is 14.7. The number of aromatic nitrogens is 2. The highest BCUT2D eigenvalue weighted by molar-refractivity contribution is 6.31. The topological polar surface area (TPSA) is 129 Å². The van der Waals surface area contributed by atoms with Crippen molar-refractivity contribution in [1.29, 1.82) is 5.41 Å². The highest BCUT2D eigenvalue weighted by Gasteiger charge is 2.21. The predicted molar refractivity (Wildman–Crippen MR) is 138 cm³/mol. The van der Waals surface area contributed by atoms with Gasteiger partial charge in [0, 0.05) is 23.7 Å². The molecule has 6 N–H and O–H groups in total. The smallest absolute Gasteiger partial charge is 0.247 e.